The lowest BCUT2D eigenvalue weighted by molar-refractivity contribution is -0.0415. The molecular formula is C21H22O5S2. The molecule has 6 rings (SSSR count). The highest BCUT2D eigenvalue weighted by Gasteiger charge is 2.37. The molecule has 2 aliphatic heterocycles. The molecule has 2 aromatic heterocycles. The van der Waals surface area contributed by atoms with Crippen LogP contribution in [0.15, 0.2) is 12.1 Å². The van der Waals surface area contributed by atoms with Crippen LogP contribution in [0.25, 0.3) is 0 Å². The zero-order valence-corrected chi connectivity index (χ0v) is 17.1. The maximum absolute atomic E-state index is 13.7. The number of ether oxygens (including phenoxy) is 4. The molecule has 0 N–H and O–H groups in total. The second-order valence-corrected chi connectivity index (χ2v) is 10.1. The molecule has 5 nitrogen and oxygen atoms in total. The largest absolute Gasteiger partial charge is 0.345 e. The number of hydrogen-bond donors (Lipinski definition) is 0. The van der Waals surface area contributed by atoms with Crippen LogP contribution in [-0.4, -0.2) is 32.2 Å². The van der Waals surface area contributed by atoms with Crippen molar-refractivity contribution in [3.8, 4) is 0 Å². The Morgan fingerprint density at radius 2 is 1.11 bits per heavy atom. The van der Waals surface area contributed by atoms with E-state index in [9.17, 15) is 4.79 Å². The van der Waals surface area contributed by atoms with E-state index in [4.69, 9.17) is 18.9 Å². The van der Waals surface area contributed by atoms with Gasteiger partial charge in [-0.25, -0.2) is 0 Å². The topological polar surface area (TPSA) is 54.0 Å². The van der Waals surface area contributed by atoms with Crippen molar-refractivity contribution in [1.82, 2.24) is 0 Å². The Bertz CT molecular complexity index is 824. The fraction of sp³-hybridized carbons (Fsp3) is 0.571. The number of carbonyl (C=O) groups excluding carboxylic acids is 1. The third-order valence-electron chi connectivity index (χ3n) is 5.71. The van der Waals surface area contributed by atoms with Crippen LogP contribution in [0.1, 0.15) is 85.5 Å². The van der Waals surface area contributed by atoms with Crippen LogP contribution in [-0.2, 0) is 18.9 Å². The molecule has 28 heavy (non-hydrogen) atoms. The predicted octanol–water partition coefficient (Wildman–Crippen LogP) is 4.89. The van der Waals surface area contributed by atoms with Crippen molar-refractivity contribution in [2.75, 3.05) is 26.4 Å². The lowest BCUT2D eigenvalue weighted by Gasteiger charge is -2.05. The third-order valence-corrected chi connectivity index (χ3v) is 8.06. The minimum absolute atomic E-state index is 0.160. The molecule has 7 heteroatoms. The monoisotopic (exact) mass is 418 g/mol. The van der Waals surface area contributed by atoms with Crippen LogP contribution >= 0.6 is 22.7 Å². The molecule has 4 aliphatic rings. The van der Waals surface area contributed by atoms with Gasteiger partial charge in [-0.3, -0.25) is 4.79 Å². The molecule has 2 aromatic rings. The van der Waals surface area contributed by atoms with Crippen molar-refractivity contribution in [3.05, 3.63) is 42.8 Å². The van der Waals surface area contributed by atoms with E-state index in [0.29, 0.717) is 38.3 Å². The highest BCUT2D eigenvalue weighted by atomic mass is 32.1. The normalized spacial score (nSPS) is 23.7. The van der Waals surface area contributed by atoms with E-state index in [-0.39, 0.29) is 18.4 Å². The van der Waals surface area contributed by atoms with Crippen LogP contribution in [0, 0.1) is 0 Å². The summed E-state index contributed by atoms with van der Waals surface area (Å²) >= 11 is 3.11. The Hall–Kier alpha value is -1.09. The van der Waals surface area contributed by atoms with E-state index in [0.717, 1.165) is 45.2 Å². The summed E-state index contributed by atoms with van der Waals surface area (Å²) in [5.74, 6) is 1.18. The van der Waals surface area contributed by atoms with E-state index < -0.39 is 0 Å². The number of hydrogen-bond acceptors (Lipinski definition) is 7. The number of carbonyl (C=O) groups is 1. The first-order valence-electron chi connectivity index (χ1n) is 10.1. The Kier molecular flexibility index (Phi) is 4.44. The van der Waals surface area contributed by atoms with Crippen LogP contribution in [0.5, 0.6) is 0 Å². The van der Waals surface area contributed by atoms with Gasteiger partial charge in [-0.05, 0) is 60.8 Å². The van der Waals surface area contributed by atoms with Crippen molar-refractivity contribution in [2.45, 2.75) is 50.1 Å². The number of rotatable bonds is 6. The van der Waals surface area contributed by atoms with Crippen molar-refractivity contribution in [1.29, 1.82) is 0 Å². The zero-order valence-electron chi connectivity index (χ0n) is 15.5. The molecule has 4 heterocycles. The third kappa shape index (κ3) is 3.18. The molecule has 148 valence electrons. The quantitative estimate of drug-likeness (QED) is 0.626. The summed E-state index contributed by atoms with van der Waals surface area (Å²) in [7, 11) is 0. The maximum atomic E-state index is 13.7. The fourth-order valence-electron chi connectivity index (χ4n) is 3.98. The molecule has 2 saturated carbocycles. The van der Waals surface area contributed by atoms with Crippen molar-refractivity contribution in [2.24, 2.45) is 0 Å². The first-order chi connectivity index (χ1) is 13.8. The van der Waals surface area contributed by atoms with E-state index in [1.165, 1.54) is 11.1 Å². The van der Waals surface area contributed by atoms with Gasteiger partial charge in [-0.15, -0.1) is 22.7 Å². The summed E-state index contributed by atoms with van der Waals surface area (Å²) < 4.78 is 22.7. The van der Waals surface area contributed by atoms with Gasteiger partial charge in [-0.1, -0.05) is 0 Å². The highest BCUT2D eigenvalue weighted by molar-refractivity contribution is 7.18. The summed E-state index contributed by atoms with van der Waals surface area (Å²) in [4.78, 5) is 17.5. The minimum atomic E-state index is -0.314. The highest BCUT2D eigenvalue weighted by Crippen LogP contribution is 2.50. The minimum Gasteiger partial charge on any atom is -0.345 e. The van der Waals surface area contributed by atoms with Gasteiger partial charge in [0.05, 0.1) is 45.9 Å². The van der Waals surface area contributed by atoms with Crippen LogP contribution in [0.4, 0.5) is 0 Å². The van der Waals surface area contributed by atoms with Crippen LogP contribution in [0.3, 0.4) is 0 Å². The van der Waals surface area contributed by atoms with Crippen molar-refractivity contribution >= 4 is 28.5 Å². The predicted molar refractivity (Wildman–Crippen MR) is 105 cm³/mol. The van der Waals surface area contributed by atoms with Gasteiger partial charge < -0.3 is 18.9 Å². The summed E-state index contributed by atoms with van der Waals surface area (Å²) in [6, 6.07) is 4.31. The van der Waals surface area contributed by atoms with Gasteiger partial charge in [0, 0.05) is 0 Å². The Morgan fingerprint density at radius 1 is 0.714 bits per heavy atom. The molecule has 0 radical (unpaired) electrons. The lowest BCUT2D eigenvalue weighted by Crippen LogP contribution is -2.02. The van der Waals surface area contributed by atoms with Crippen molar-refractivity contribution < 1.29 is 23.7 Å². The second kappa shape index (κ2) is 7.00. The summed E-state index contributed by atoms with van der Waals surface area (Å²) in [6.07, 6.45) is 4.03. The van der Waals surface area contributed by atoms with Crippen LogP contribution in [0.2, 0.25) is 0 Å². The fourth-order valence-corrected chi connectivity index (χ4v) is 6.43. The van der Waals surface area contributed by atoms with Gasteiger partial charge >= 0.3 is 0 Å². The van der Waals surface area contributed by atoms with Crippen LogP contribution < -0.4 is 0 Å². The SMILES string of the molecule is O=C(c1sc(C2OCCO2)cc1C1CC1)c1sc(C2OCCO2)cc1C1CC1. The first-order valence-corrected chi connectivity index (χ1v) is 11.7. The zero-order chi connectivity index (χ0) is 18.7. The molecular weight excluding hydrogens is 396 g/mol. The van der Waals surface area contributed by atoms with E-state index in [2.05, 4.69) is 12.1 Å². The molecule has 0 amide bonds. The maximum Gasteiger partial charge on any atom is 0.213 e. The summed E-state index contributed by atoms with van der Waals surface area (Å²) in [5, 5.41) is 0. The standard InChI is InChI=1S/C21H22O5S2/c22-17(18-13(11-1-2-11)9-15(27-18)20-23-5-6-24-20)19-14(12-3-4-12)10-16(28-19)21-25-7-8-26-21/h9-12,20-21H,1-8H2. The van der Waals surface area contributed by atoms with E-state index >= 15 is 0 Å². The molecule has 2 aliphatic carbocycles. The smallest absolute Gasteiger partial charge is 0.213 e. The molecule has 2 saturated heterocycles. The molecule has 0 aromatic carbocycles. The van der Waals surface area contributed by atoms with Gasteiger partial charge in [-0.2, -0.15) is 0 Å². The number of ketones is 1. The average molecular weight is 419 g/mol. The lowest BCUT2D eigenvalue weighted by atomic mass is 10.0. The van der Waals surface area contributed by atoms with Gasteiger partial charge in [0.1, 0.15) is 0 Å². The average Bonchev–Trinajstić information content (AvgIpc) is 3.45. The molecule has 0 atom stereocenters. The van der Waals surface area contributed by atoms with E-state index in [1.54, 1.807) is 22.7 Å². The molecule has 0 unspecified atom stereocenters. The van der Waals surface area contributed by atoms with Gasteiger partial charge in [0.2, 0.25) is 5.78 Å². The molecule has 0 spiro atoms. The van der Waals surface area contributed by atoms with E-state index in [1.807, 2.05) is 0 Å². The second-order valence-electron chi connectivity index (χ2n) is 7.89. The molecule has 4 fully saturated rings. The van der Waals surface area contributed by atoms with Gasteiger partial charge in [0.15, 0.2) is 12.6 Å². The summed E-state index contributed by atoms with van der Waals surface area (Å²) in [6.45, 7) is 2.47. The molecule has 0 bridgehead atoms. The first kappa shape index (κ1) is 17.7. The number of thiophene rings is 2. The van der Waals surface area contributed by atoms with Gasteiger partial charge in [0.25, 0.3) is 0 Å². The Balaban J connectivity index is 1.37. The summed E-state index contributed by atoms with van der Waals surface area (Å²) in [5.41, 5.74) is 2.38. The van der Waals surface area contributed by atoms with Crippen molar-refractivity contribution in [3.63, 3.8) is 0 Å². The Morgan fingerprint density at radius 3 is 1.46 bits per heavy atom. The Labute approximate surface area is 171 Å².